The van der Waals surface area contributed by atoms with Gasteiger partial charge >= 0.3 is 5.97 Å². The van der Waals surface area contributed by atoms with Gasteiger partial charge in [-0.2, -0.15) is 0 Å². The first-order valence-electron chi connectivity index (χ1n) is 6.62. The van der Waals surface area contributed by atoms with Crippen molar-refractivity contribution in [1.82, 2.24) is 5.32 Å². The van der Waals surface area contributed by atoms with Crippen molar-refractivity contribution in [1.29, 1.82) is 0 Å². The Morgan fingerprint density at radius 2 is 2.05 bits per heavy atom. The van der Waals surface area contributed by atoms with E-state index in [4.69, 9.17) is 5.11 Å². The molecular weight excluding hydrogens is 322 g/mol. The molecule has 0 heterocycles. The number of benzene rings is 1. The van der Waals surface area contributed by atoms with Crippen molar-refractivity contribution < 1.29 is 14.7 Å². The van der Waals surface area contributed by atoms with E-state index in [1.807, 2.05) is 38.1 Å². The first-order valence-corrected chi connectivity index (χ1v) is 7.41. The van der Waals surface area contributed by atoms with E-state index in [9.17, 15) is 9.59 Å². The van der Waals surface area contributed by atoms with Crippen LogP contribution >= 0.6 is 15.9 Å². The molecule has 0 aliphatic carbocycles. The smallest absolute Gasteiger partial charge is 0.308 e. The average Bonchev–Trinajstić information content (AvgIpc) is 2.33. The average molecular weight is 342 g/mol. The van der Waals surface area contributed by atoms with Crippen LogP contribution in [-0.4, -0.2) is 23.5 Å². The van der Waals surface area contributed by atoms with Gasteiger partial charge in [-0.15, -0.1) is 0 Å². The zero-order chi connectivity index (χ0) is 15.1. The SMILES string of the molecule is CC(C)CC(CNC(=O)Cc1cccc(Br)c1)C(=O)O. The Bertz CT molecular complexity index is 474. The van der Waals surface area contributed by atoms with Crippen LogP contribution < -0.4 is 5.32 Å². The van der Waals surface area contributed by atoms with Crippen LogP contribution in [0.1, 0.15) is 25.8 Å². The highest BCUT2D eigenvalue weighted by Gasteiger charge is 2.19. The van der Waals surface area contributed by atoms with Crippen LogP contribution in [0.4, 0.5) is 0 Å². The lowest BCUT2D eigenvalue weighted by atomic mass is 9.97. The number of carboxylic acids is 1. The minimum absolute atomic E-state index is 0.155. The van der Waals surface area contributed by atoms with Crippen molar-refractivity contribution in [2.24, 2.45) is 11.8 Å². The zero-order valence-corrected chi connectivity index (χ0v) is 13.3. The molecule has 2 N–H and O–H groups in total. The summed E-state index contributed by atoms with van der Waals surface area (Å²) in [5.74, 6) is -1.25. The predicted molar refractivity (Wildman–Crippen MR) is 81.4 cm³/mol. The summed E-state index contributed by atoms with van der Waals surface area (Å²) in [5, 5.41) is 11.8. The second kappa shape index (κ2) is 8.04. The van der Waals surface area contributed by atoms with E-state index in [1.165, 1.54) is 0 Å². The first kappa shape index (κ1) is 16.7. The van der Waals surface area contributed by atoms with Crippen molar-refractivity contribution in [2.75, 3.05) is 6.54 Å². The number of rotatable bonds is 7. The molecule has 1 rings (SSSR count). The fourth-order valence-corrected chi connectivity index (χ4v) is 2.42. The monoisotopic (exact) mass is 341 g/mol. The normalized spacial score (nSPS) is 12.2. The molecule has 1 aromatic rings. The van der Waals surface area contributed by atoms with Crippen LogP contribution in [0.3, 0.4) is 0 Å². The minimum Gasteiger partial charge on any atom is -0.481 e. The Kier molecular flexibility index (Phi) is 6.71. The van der Waals surface area contributed by atoms with E-state index < -0.39 is 11.9 Å². The maximum atomic E-state index is 11.8. The van der Waals surface area contributed by atoms with E-state index in [0.717, 1.165) is 10.0 Å². The lowest BCUT2D eigenvalue weighted by Gasteiger charge is -2.15. The molecule has 1 aromatic carbocycles. The van der Waals surface area contributed by atoms with Gasteiger partial charge in [0.15, 0.2) is 0 Å². The van der Waals surface area contributed by atoms with E-state index in [-0.39, 0.29) is 24.8 Å². The van der Waals surface area contributed by atoms with Gasteiger partial charge < -0.3 is 10.4 Å². The van der Waals surface area contributed by atoms with Gasteiger partial charge in [0.1, 0.15) is 0 Å². The fourth-order valence-electron chi connectivity index (χ4n) is 1.97. The third kappa shape index (κ3) is 6.19. The summed E-state index contributed by atoms with van der Waals surface area (Å²) >= 11 is 3.35. The second-order valence-electron chi connectivity index (χ2n) is 5.28. The highest BCUT2D eigenvalue weighted by Crippen LogP contribution is 2.13. The largest absolute Gasteiger partial charge is 0.481 e. The minimum atomic E-state index is -0.860. The summed E-state index contributed by atoms with van der Waals surface area (Å²) in [5.41, 5.74) is 0.896. The molecule has 0 radical (unpaired) electrons. The molecule has 0 aliphatic heterocycles. The quantitative estimate of drug-likeness (QED) is 0.801. The first-order chi connectivity index (χ1) is 9.38. The molecular formula is C15H20BrNO3. The van der Waals surface area contributed by atoms with Gasteiger partial charge in [-0.1, -0.05) is 41.9 Å². The van der Waals surface area contributed by atoms with Crippen molar-refractivity contribution in [2.45, 2.75) is 26.7 Å². The highest BCUT2D eigenvalue weighted by atomic mass is 79.9. The third-order valence-corrected chi connectivity index (χ3v) is 3.40. The molecule has 0 saturated heterocycles. The van der Waals surface area contributed by atoms with Crippen molar-refractivity contribution >= 4 is 27.8 Å². The fraction of sp³-hybridized carbons (Fsp3) is 0.467. The number of hydrogen-bond donors (Lipinski definition) is 2. The van der Waals surface area contributed by atoms with Gasteiger partial charge in [-0.05, 0) is 30.0 Å². The molecule has 4 nitrogen and oxygen atoms in total. The predicted octanol–water partition coefficient (Wildman–Crippen LogP) is 2.85. The molecule has 1 amide bonds. The maximum absolute atomic E-state index is 11.8. The van der Waals surface area contributed by atoms with E-state index in [0.29, 0.717) is 6.42 Å². The molecule has 0 saturated carbocycles. The van der Waals surface area contributed by atoms with E-state index in [1.54, 1.807) is 0 Å². The van der Waals surface area contributed by atoms with Crippen LogP contribution in [0.5, 0.6) is 0 Å². The van der Waals surface area contributed by atoms with Gasteiger partial charge in [0.25, 0.3) is 0 Å². The van der Waals surface area contributed by atoms with Crippen molar-refractivity contribution in [3.8, 4) is 0 Å². The van der Waals surface area contributed by atoms with Gasteiger partial charge in [-0.3, -0.25) is 9.59 Å². The number of hydrogen-bond acceptors (Lipinski definition) is 2. The zero-order valence-electron chi connectivity index (χ0n) is 11.7. The molecule has 20 heavy (non-hydrogen) atoms. The Labute approximate surface area is 127 Å². The third-order valence-electron chi connectivity index (χ3n) is 2.90. The number of carbonyl (C=O) groups is 2. The van der Waals surface area contributed by atoms with Crippen LogP contribution in [0.2, 0.25) is 0 Å². The van der Waals surface area contributed by atoms with Crippen LogP contribution in [0.15, 0.2) is 28.7 Å². The van der Waals surface area contributed by atoms with E-state index >= 15 is 0 Å². The lowest BCUT2D eigenvalue weighted by molar-refractivity contribution is -0.142. The Balaban J connectivity index is 2.47. The maximum Gasteiger partial charge on any atom is 0.308 e. The molecule has 1 atom stereocenters. The molecule has 5 heteroatoms. The number of aliphatic carboxylic acids is 1. The standard InChI is InChI=1S/C15H20BrNO3/c1-10(2)6-12(15(19)20)9-17-14(18)8-11-4-3-5-13(16)7-11/h3-5,7,10,12H,6,8-9H2,1-2H3,(H,17,18)(H,19,20). The van der Waals surface area contributed by atoms with Crippen LogP contribution in [0, 0.1) is 11.8 Å². The van der Waals surface area contributed by atoms with Crippen molar-refractivity contribution in [3.05, 3.63) is 34.3 Å². The summed E-state index contributed by atoms with van der Waals surface area (Å²) in [4.78, 5) is 22.9. The number of carbonyl (C=O) groups excluding carboxylic acids is 1. The van der Waals surface area contributed by atoms with Gasteiger partial charge in [-0.25, -0.2) is 0 Å². The topological polar surface area (TPSA) is 66.4 Å². The van der Waals surface area contributed by atoms with Gasteiger partial charge in [0.2, 0.25) is 5.91 Å². The van der Waals surface area contributed by atoms with E-state index in [2.05, 4.69) is 21.2 Å². The highest BCUT2D eigenvalue weighted by molar-refractivity contribution is 9.10. The molecule has 0 spiro atoms. The van der Waals surface area contributed by atoms with Crippen LogP contribution in [0.25, 0.3) is 0 Å². The molecule has 110 valence electrons. The Morgan fingerprint density at radius 1 is 1.35 bits per heavy atom. The lowest BCUT2D eigenvalue weighted by Crippen LogP contribution is -2.34. The van der Waals surface area contributed by atoms with Gasteiger partial charge in [0.05, 0.1) is 12.3 Å². The summed E-state index contributed by atoms with van der Waals surface area (Å²) in [6, 6.07) is 7.51. The number of nitrogens with one attached hydrogen (secondary N) is 1. The number of amides is 1. The van der Waals surface area contributed by atoms with Crippen LogP contribution in [-0.2, 0) is 16.0 Å². The molecule has 0 bridgehead atoms. The summed E-state index contributed by atoms with van der Waals surface area (Å²) < 4.78 is 0.922. The molecule has 0 aromatic heterocycles. The van der Waals surface area contributed by atoms with Crippen molar-refractivity contribution in [3.63, 3.8) is 0 Å². The summed E-state index contributed by atoms with van der Waals surface area (Å²) in [6.07, 6.45) is 0.819. The number of halogens is 1. The number of carboxylic acid groups (broad SMARTS) is 1. The molecule has 0 aliphatic rings. The molecule has 1 unspecified atom stereocenters. The second-order valence-corrected chi connectivity index (χ2v) is 6.19. The Morgan fingerprint density at radius 3 is 2.60 bits per heavy atom. The summed E-state index contributed by atoms with van der Waals surface area (Å²) in [7, 11) is 0. The summed E-state index contributed by atoms with van der Waals surface area (Å²) in [6.45, 7) is 4.12. The Hall–Kier alpha value is -1.36. The van der Waals surface area contributed by atoms with Gasteiger partial charge in [0, 0.05) is 11.0 Å². The molecule has 0 fully saturated rings.